The molecule has 4 nitrogen and oxygen atoms in total. The van der Waals surface area contributed by atoms with Crippen LogP contribution in [0.25, 0.3) is 5.57 Å². The molecule has 2 aromatic rings. The van der Waals surface area contributed by atoms with Gasteiger partial charge in [0.2, 0.25) is 5.78 Å². The van der Waals surface area contributed by atoms with E-state index in [-0.39, 0.29) is 17.3 Å². The highest BCUT2D eigenvalue weighted by Gasteiger charge is 2.27. The summed E-state index contributed by atoms with van der Waals surface area (Å²) >= 11 is 0. The second-order valence-electron chi connectivity index (χ2n) is 4.28. The number of nitrogens with one attached hydrogen (secondary N) is 1. The fourth-order valence-corrected chi connectivity index (χ4v) is 2.00. The Morgan fingerprint density at radius 1 is 1.11 bits per heavy atom. The molecule has 0 unspecified atom stereocenters. The molecule has 0 fully saturated rings. The molecule has 1 N–H and O–H groups in total. The van der Waals surface area contributed by atoms with E-state index in [4.69, 9.17) is 0 Å². The molecule has 0 amide bonds. The minimum atomic E-state index is -0.189. The van der Waals surface area contributed by atoms with Gasteiger partial charge in [0.25, 0.3) is 0 Å². The lowest BCUT2D eigenvalue weighted by atomic mass is 9.90. The van der Waals surface area contributed by atoms with Crippen LogP contribution in [-0.4, -0.2) is 21.8 Å². The van der Waals surface area contributed by atoms with E-state index in [0.29, 0.717) is 11.1 Å². The Morgan fingerprint density at radius 3 is 2.56 bits per heavy atom. The molecule has 0 aliphatic heterocycles. The summed E-state index contributed by atoms with van der Waals surface area (Å²) in [4.78, 5) is 24.1. The van der Waals surface area contributed by atoms with Gasteiger partial charge >= 0.3 is 0 Å². The molecule has 1 aliphatic carbocycles. The van der Waals surface area contributed by atoms with Crippen molar-refractivity contribution in [2.75, 3.05) is 0 Å². The van der Waals surface area contributed by atoms with Crippen LogP contribution >= 0.6 is 0 Å². The predicted octanol–water partition coefficient (Wildman–Crippen LogP) is 2.18. The van der Waals surface area contributed by atoms with Crippen LogP contribution in [0.15, 0.2) is 36.5 Å². The summed E-state index contributed by atoms with van der Waals surface area (Å²) in [5.74, 6) is -0.375. The van der Waals surface area contributed by atoms with Crippen molar-refractivity contribution in [1.82, 2.24) is 10.2 Å². The summed E-state index contributed by atoms with van der Waals surface area (Å²) < 4.78 is 0. The molecule has 1 aliphatic rings. The molecule has 0 saturated heterocycles. The number of benzene rings is 1. The number of H-pyrrole nitrogens is 1. The van der Waals surface area contributed by atoms with Crippen molar-refractivity contribution < 1.29 is 9.59 Å². The molecule has 0 atom stereocenters. The Labute approximate surface area is 103 Å². The van der Waals surface area contributed by atoms with Crippen molar-refractivity contribution in [3.8, 4) is 0 Å². The maximum absolute atomic E-state index is 12.2. The third kappa shape index (κ3) is 1.50. The number of carbonyl (C=O) groups excluding carboxylic acids is 2. The molecule has 4 heteroatoms. The summed E-state index contributed by atoms with van der Waals surface area (Å²) in [6.07, 6.45) is 2.77. The Kier molecular flexibility index (Phi) is 2.23. The monoisotopic (exact) mass is 238 g/mol. The van der Waals surface area contributed by atoms with Crippen molar-refractivity contribution in [2.24, 2.45) is 0 Å². The summed E-state index contributed by atoms with van der Waals surface area (Å²) in [5, 5.41) is 6.33. The number of ketones is 2. The lowest BCUT2D eigenvalue weighted by molar-refractivity contribution is 0.0999. The van der Waals surface area contributed by atoms with E-state index in [0.717, 1.165) is 11.1 Å². The van der Waals surface area contributed by atoms with Gasteiger partial charge in [0.1, 0.15) is 5.69 Å². The molecule has 18 heavy (non-hydrogen) atoms. The van der Waals surface area contributed by atoms with Crippen LogP contribution in [-0.2, 0) is 0 Å². The van der Waals surface area contributed by atoms with Gasteiger partial charge in [0.05, 0.1) is 11.8 Å². The molecule has 88 valence electrons. The van der Waals surface area contributed by atoms with Gasteiger partial charge in [-0.1, -0.05) is 29.8 Å². The van der Waals surface area contributed by atoms with E-state index in [9.17, 15) is 9.59 Å². The molecule has 1 aromatic carbocycles. The van der Waals surface area contributed by atoms with Crippen molar-refractivity contribution >= 4 is 17.1 Å². The fourth-order valence-electron chi connectivity index (χ4n) is 2.00. The molecule has 0 spiro atoms. The van der Waals surface area contributed by atoms with Crippen molar-refractivity contribution in [1.29, 1.82) is 0 Å². The lowest BCUT2D eigenvalue weighted by Crippen LogP contribution is -2.15. The molecular weight excluding hydrogens is 228 g/mol. The Bertz CT molecular complexity index is 678. The van der Waals surface area contributed by atoms with Gasteiger partial charge in [-0.3, -0.25) is 14.7 Å². The number of fused-ring (bicyclic) bond motifs is 1. The third-order valence-corrected chi connectivity index (χ3v) is 3.01. The topological polar surface area (TPSA) is 62.8 Å². The van der Waals surface area contributed by atoms with Crippen molar-refractivity contribution in [3.05, 3.63) is 58.9 Å². The summed E-state index contributed by atoms with van der Waals surface area (Å²) in [5.41, 5.74) is 2.89. The minimum absolute atomic E-state index is 0.186. The van der Waals surface area contributed by atoms with Crippen LogP contribution in [0.1, 0.15) is 32.0 Å². The number of hydrogen-bond donors (Lipinski definition) is 1. The molecule has 3 rings (SSSR count). The van der Waals surface area contributed by atoms with E-state index in [1.165, 1.54) is 12.3 Å². The van der Waals surface area contributed by atoms with Crippen LogP contribution in [0.3, 0.4) is 0 Å². The first kappa shape index (κ1) is 10.7. The number of aromatic nitrogens is 2. The SMILES string of the molecule is Cc1ccc(C2=CC(=O)c3cn[nH]c3C2=O)cc1. The van der Waals surface area contributed by atoms with E-state index >= 15 is 0 Å². The number of aromatic amines is 1. The predicted molar refractivity (Wildman–Crippen MR) is 66.4 cm³/mol. The van der Waals surface area contributed by atoms with Crippen LogP contribution < -0.4 is 0 Å². The maximum Gasteiger partial charge on any atom is 0.212 e. The number of aryl methyl sites for hydroxylation is 1. The molecule has 0 bridgehead atoms. The van der Waals surface area contributed by atoms with E-state index in [2.05, 4.69) is 10.2 Å². The van der Waals surface area contributed by atoms with Gasteiger partial charge in [-0.15, -0.1) is 0 Å². The Balaban J connectivity index is 2.12. The van der Waals surface area contributed by atoms with Gasteiger partial charge in [-0.05, 0) is 18.6 Å². The highest BCUT2D eigenvalue weighted by molar-refractivity contribution is 6.37. The minimum Gasteiger partial charge on any atom is -0.289 e. The van der Waals surface area contributed by atoms with Crippen LogP contribution in [0.5, 0.6) is 0 Å². The van der Waals surface area contributed by atoms with Crippen LogP contribution in [0, 0.1) is 6.92 Å². The average Bonchev–Trinajstić information content (AvgIpc) is 2.85. The highest BCUT2D eigenvalue weighted by atomic mass is 16.1. The number of allylic oxidation sites excluding steroid dienone is 2. The van der Waals surface area contributed by atoms with Gasteiger partial charge in [0, 0.05) is 5.57 Å². The first-order valence-corrected chi connectivity index (χ1v) is 5.58. The fraction of sp³-hybridized carbons (Fsp3) is 0.0714. The highest BCUT2D eigenvalue weighted by Crippen LogP contribution is 2.26. The Hall–Kier alpha value is -2.49. The van der Waals surface area contributed by atoms with Gasteiger partial charge in [-0.25, -0.2) is 0 Å². The first-order chi connectivity index (χ1) is 8.66. The van der Waals surface area contributed by atoms with E-state index in [1.807, 2.05) is 31.2 Å². The molecule has 1 heterocycles. The molecule has 0 radical (unpaired) electrons. The van der Waals surface area contributed by atoms with Gasteiger partial charge in [0.15, 0.2) is 5.78 Å². The van der Waals surface area contributed by atoms with Gasteiger partial charge < -0.3 is 0 Å². The van der Waals surface area contributed by atoms with E-state index in [1.54, 1.807) is 0 Å². The van der Waals surface area contributed by atoms with Crippen molar-refractivity contribution in [3.63, 3.8) is 0 Å². The summed E-state index contributed by atoms with van der Waals surface area (Å²) in [6.45, 7) is 1.97. The first-order valence-electron chi connectivity index (χ1n) is 5.58. The normalized spacial score (nSPS) is 14.4. The number of carbonyl (C=O) groups is 2. The largest absolute Gasteiger partial charge is 0.289 e. The second kappa shape index (κ2) is 3.77. The number of hydrogen-bond acceptors (Lipinski definition) is 3. The zero-order chi connectivity index (χ0) is 12.7. The molecule has 0 saturated carbocycles. The molecular formula is C14H10N2O2. The zero-order valence-corrected chi connectivity index (χ0v) is 9.73. The lowest BCUT2D eigenvalue weighted by Gasteiger charge is -2.11. The third-order valence-electron chi connectivity index (χ3n) is 3.01. The number of Topliss-reactive ketones (excluding diaryl/α,β-unsaturated/α-hetero) is 1. The van der Waals surface area contributed by atoms with Crippen molar-refractivity contribution in [2.45, 2.75) is 6.92 Å². The molecule has 1 aromatic heterocycles. The van der Waals surface area contributed by atoms with Crippen LogP contribution in [0.4, 0.5) is 0 Å². The van der Waals surface area contributed by atoms with Crippen LogP contribution in [0.2, 0.25) is 0 Å². The summed E-state index contributed by atoms with van der Waals surface area (Å²) in [7, 11) is 0. The number of nitrogens with zero attached hydrogens (tertiary/aromatic N) is 1. The average molecular weight is 238 g/mol. The van der Waals surface area contributed by atoms with E-state index < -0.39 is 0 Å². The maximum atomic E-state index is 12.2. The quantitative estimate of drug-likeness (QED) is 0.828. The Morgan fingerprint density at radius 2 is 1.83 bits per heavy atom. The summed E-state index contributed by atoms with van der Waals surface area (Å²) in [6, 6.07) is 7.51. The smallest absolute Gasteiger partial charge is 0.212 e. The second-order valence-corrected chi connectivity index (χ2v) is 4.28. The standard InChI is InChI=1S/C14H10N2O2/c1-8-2-4-9(5-3-8)10-6-12(17)11-7-15-16-13(11)14(10)18/h2-7H,1H3,(H,15,16). The zero-order valence-electron chi connectivity index (χ0n) is 9.73. The van der Waals surface area contributed by atoms with Gasteiger partial charge in [-0.2, -0.15) is 5.10 Å². The number of rotatable bonds is 1.